The van der Waals surface area contributed by atoms with Crippen LogP contribution < -0.4 is 9.47 Å². The van der Waals surface area contributed by atoms with Crippen molar-refractivity contribution in [3.63, 3.8) is 0 Å². The molecule has 0 amide bonds. The third-order valence-electron chi connectivity index (χ3n) is 2.28. The van der Waals surface area contributed by atoms with Crippen LogP contribution in [0.5, 0.6) is 11.5 Å². The Balaban J connectivity index is 3.10. The van der Waals surface area contributed by atoms with Gasteiger partial charge in [-0.2, -0.15) is 8.78 Å². The first-order valence-corrected chi connectivity index (χ1v) is 9.91. The van der Waals surface area contributed by atoms with E-state index in [1.807, 2.05) is 22.6 Å². The minimum Gasteiger partial charge on any atom is -0.743 e. The summed E-state index contributed by atoms with van der Waals surface area (Å²) >= 11 is 7.68. The number of alkyl halides is 3. The highest BCUT2D eigenvalue weighted by Crippen LogP contribution is 2.37. The molecule has 0 aromatic heterocycles. The lowest BCUT2D eigenvalue weighted by atomic mass is 10.3. The van der Waals surface area contributed by atoms with Crippen LogP contribution >= 0.6 is 54.5 Å². The predicted molar refractivity (Wildman–Crippen MR) is 91.2 cm³/mol. The highest BCUT2D eigenvalue weighted by molar-refractivity contribution is 14.1. The number of hydrogen-bond donors (Lipinski definition) is 0. The molecule has 24 heavy (non-hydrogen) atoms. The number of carbonyl (C=O) groups excluding carboxylic acids is 2. The van der Waals surface area contributed by atoms with Crippen LogP contribution in [0.4, 0.5) is 8.78 Å². The molecule has 1 aromatic carbocycles. The van der Waals surface area contributed by atoms with Gasteiger partial charge in [-0.25, -0.2) is 13.2 Å². The Kier molecular flexibility index (Phi) is 7.12. The number of rotatable bonds is 5. The first-order valence-electron chi connectivity index (χ1n) is 5.67. The van der Waals surface area contributed by atoms with Crippen molar-refractivity contribution in [3.8, 4) is 11.5 Å². The molecule has 0 fully saturated rings. The molecule has 134 valence electrons. The second-order valence-electron chi connectivity index (χ2n) is 4.11. The van der Waals surface area contributed by atoms with Crippen LogP contribution in [-0.4, -0.2) is 34.1 Å². The maximum Gasteiger partial charge on any atom is 0.429 e. The standard InChI is InChI=1S/C11H7Br2F2IO7S/c1-4(16)9(17)22-7-2-6(13)8(3-5(7)12)23-10(18)11(14,15)24(19,20)21/h2-4H,1H3,(H,19,20,21)/p-1. The summed E-state index contributed by atoms with van der Waals surface area (Å²) in [7, 11) is -6.23. The first-order chi connectivity index (χ1) is 10.8. The summed E-state index contributed by atoms with van der Waals surface area (Å²) in [5.74, 6) is -3.66. The van der Waals surface area contributed by atoms with Crippen molar-refractivity contribution in [2.24, 2.45) is 0 Å². The molecule has 1 rings (SSSR count). The van der Waals surface area contributed by atoms with Crippen LogP contribution in [-0.2, 0) is 19.7 Å². The van der Waals surface area contributed by atoms with Gasteiger partial charge in [0.1, 0.15) is 15.4 Å². The summed E-state index contributed by atoms with van der Waals surface area (Å²) in [4.78, 5) is 22.8. The van der Waals surface area contributed by atoms with Crippen molar-refractivity contribution in [2.45, 2.75) is 16.1 Å². The van der Waals surface area contributed by atoms with Gasteiger partial charge in [-0.3, -0.25) is 4.79 Å². The average Bonchev–Trinajstić information content (AvgIpc) is 2.42. The van der Waals surface area contributed by atoms with Crippen LogP contribution in [0.1, 0.15) is 6.92 Å². The molecule has 0 aliphatic heterocycles. The molecule has 0 saturated heterocycles. The second-order valence-corrected chi connectivity index (χ2v) is 9.11. The molecule has 1 atom stereocenters. The number of benzene rings is 1. The fourth-order valence-electron chi connectivity index (χ4n) is 1.12. The van der Waals surface area contributed by atoms with Gasteiger partial charge in [-0.15, -0.1) is 0 Å². The normalized spacial score (nSPS) is 13.3. The molecular weight excluding hydrogens is 601 g/mol. The van der Waals surface area contributed by atoms with Crippen molar-refractivity contribution in [3.05, 3.63) is 21.1 Å². The van der Waals surface area contributed by atoms with E-state index in [0.717, 1.165) is 12.1 Å². The van der Waals surface area contributed by atoms with E-state index in [2.05, 4.69) is 36.6 Å². The lowest BCUT2D eigenvalue weighted by molar-refractivity contribution is -0.151. The van der Waals surface area contributed by atoms with Gasteiger partial charge in [0.15, 0.2) is 10.1 Å². The van der Waals surface area contributed by atoms with Gasteiger partial charge < -0.3 is 14.0 Å². The molecule has 13 heteroatoms. The number of ether oxygens (including phenoxy) is 2. The monoisotopic (exact) mass is 605 g/mol. The molecule has 0 aliphatic rings. The van der Waals surface area contributed by atoms with Crippen molar-refractivity contribution in [1.29, 1.82) is 0 Å². The van der Waals surface area contributed by atoms with Gasteiger partial charge in [0.2, 0.25) is 0 Å². The zero-order valence-electron chi connectivity index (χ0n) is 11.4. The van der Waals surface area contributed by atoms with Gasteiger partial charge in [-0.05, 0) is 38.8 Å². The van der Waals surface area contributed by atoms with E-state index in [0.29, 0.717) is 0 Å². The second kappa shape index (κ2) is 7.88. The van der Waals surface area contributed by atoms with Crippen molar-refractivity contribution < 1.29 is 40.8 Å². The molecule has 0 spiro atoms. The Morgan fingerprint density at radius 1 is 1.21 bits per heavy atom. The molecule has 0 radical (unpaired) electrons. The highest BCUT2D eigenvalue weighted by atomic mass is 127. The quantitative estimate of drug-likeness (QED) is 0.167. The third kappa shape index (κ3) is 5.06. The average molecular weight is 607 g/mol. The predicted octanol–water partition coefficient (Wildman–Crippen LogP) is 2.98. The summed E-state index contributed by atoms with van der Waals surface area (Å²) in [6.07, 6.45) is 0. The Bertz CT molecular complexity index is 783. The highest BCUT2D eigenvalue weighted by Gasteiger charge is 2.49. The zero-order chi connectivity index (χ0) is 18.9. The Morgan fingerprint density at radius 3 is 2.00 bits per heavy atom. The minimum absolute atomic E-state index is 0.00148. The molecule has 0 aliphatic carbocycles. The fraction of sp³-hybridized carbons (Fsp3) is 0.273. The number of esters is 2. The zero-order valence-corrected chi connectivity index (χ0v) is 17.5. The molecule has 0 bridgehead atoms. The number of carbonyl (C=O) groups is 2. The van der Waals surface area contributed by atoms with Gasteiger partial charge >= 0.3 is 17.2 Å². The minimum atomic E-state index is -6.23. The smallest absolute Gasteiger partial charge is 0.429 e. The van der Waals surface area contributed by atoms with Crippen molar-refractivity contribution in [2.75, 3.05) is 0 Å². The van der Waals surface area contributed by atoms with Crippen molar-refractivity contribution >= 4 is 76.5 Å². The van der Waals surface area contributed by atoms with E-state index < -0.39 is 37.0 Å². The Labute approximate surface area is 165 Å². The molecular formula is C11H6Br2F2IO7S-. The number of halogens is 5. The summed E-state index contributed by atoms with van der Waals surface area (Å²) in [6.45, 7) is 1.58. The topological polar surface area (TPSA) is 110 Å². The summed E-state index contributed by atoms with van der Waals surface area (Å²) in [6, 6.07) is 2.11. The Hall–Kier alpha value is -0.380. The summed E-state index contributed by atoms with van der Waals surface area (Å²) in [5, 5.41) is -5.25. The van der Waals surface area contributed by atoms with E-state index >= 15 is 0 Å². The maximum atomic E-state index is 13.1. The largest absolute Gasteiger partial charge is 0.743 e. The van der Waals surface area contributed by atoms with Crippen LogP contribution in [0, 0.1) is 0 Å². The molecule has 0 saturated carbocycles. The van der Waals surface area contributed by atoms with E-state index in [1.165, 1.54) is 0 Å². The Morgan fingerprint density at radius 2 is 1.62 bits per heavy atom. The van der Waals surface area contributed by atoms with Crippen LogP contribution in [0.3, 0.4) is 0 Å². The third-order valence-corrected chi connectivity index (χ3v) is 4.82. The van der Waals surface area contributed by atoms with Gasteiger partial charge in [0.25, 0.3) is 0 Å². The van der Waals surface area contributed by atoms with Crippen LogP contribution in [0.15, 0.2) is 21.1 Å². The van der Waals surface area contributed by atoms with E-state index in [9.17, 15) is 31.3 Å². The van der Waals surface area contributed by atoms with Crippen molar-refractivity contribution in [1.82, 2.24) is 0 Å². The fourth-order valence-corrected chi connectivity index (χ4v) is 2.30. The summed E-state index contributed by atoms with van der Waals surface area (Å²) < 4.78 is 66.1. The molecule has 0 heterocycles. The lowest BCUT2D eigenvalue weighted by Crippen LogP contribution is -2.40. The molecule has 7 nitrogen and oxygen atoms in total. The van der Waals surface area contributed by atoms with E-state index in [4.69, 9.17) is 4.74 Å². The maximum absolute atomic E-state index is 13.1. The van der Waals surface area contributed by atoms with Crippen LogP contribution in [0.2, 0.25) is 0 Å². The lowest BCUT2D eigenvalue weighted by Gasteiger charge is -2.18. The number of hydrogen-bond acceptors (Lipinski definition) is 7. The SMILES string of the molecule is CC(I)C(=O)Oc1cc(Br)c(OC(=O)C(F)(F)S(=O)(=O)[O-])cc1Br. The van der Waals surface area contributed by atoms with E-state index in [1.54, 1.807) is 6.92 Å². The first kappa shape index (κ1) is 21.7. The van der Waals surface area contributed by atoms with Gasteiger partial charge in [0, 0.05) is 12.1 Å². The van der Waals surface area contributed by atoms with Gasteiger partial charge in [0.05, 0.1) is 8.95 Å². The van der Waals surface area contributed by atoms with Gasteiger partial charge in [-0.1, -0.05) is 22.6 Å². The molecule has 1 unspecified atom stereocenters. The molecule has 0 N–H and O–H groups in total. The van der Waals surface area contributed by atoms with E-state index in [-0.39, 0.29) is 14.7 Å². The molecule has 1 aromatic rings. The van der Waals surface area contributed by atoms with Crippen LogP contribution in [0.25, 0.3) is 0 Å². The summed E-state index contributed by atoms with van der Waals surface area (Å²) in [5.41, 5.74) is 0.